The van der Waals surface area contributed by atoms with Crippen molar-refractivity contribution in [2.75, 3.05) is 10.6 Å². The molecule has 0 radical (unpaired) electrons. The maximum atomic E-state index is 12.6. The topological polar surface area (TPSA) is 74.7 Å². The molecule has 5 aromatic rings. The summed E-state index contributed by atoms with van der Waals surface area (Å²) in [4.78, 5) is 19.8. The van der Waals surface area contributed by atoms with Crippen molar-refractivity contribution in [1.29, 1.82) is 0 Å². The Labute approximate surface area is 183 Å². The van der Waals surface area contributed by atoms with Crippen molar-refractivity contribution in [3.05, 3.63) is 89.3 Å². The minimum atomic E-state index is -1.83. The lowest BCUT2D eigenvalue weighted by Gasteiger charge is -2.10. The van der Waals surface area contributed by atoms with Gasteiger partial charge in [-0.25, -0.2) is 9.78 Å². The molecule has 3 aromatic heterocycles. The van der Waals surface area contributed by atoms with Crippen LogP contribution in [0.4, 0.5) is 16.2 Å². The predicted molar refractivity (Wildman–Crippen MR) is 124 cm³/mol. The van der Waals surface area contributed by atoms with Crippen molar-refractivity contribution in [2.24, 2.45) is 0 Å². The van der Waals surface area contributed by atoms with Crippen molar-refractivity contribution in [3.8, 4) is 0 Å². The number of carbonyl (C=O) groups excluding carboxylic acids is 1. The van der Waals surface area contributed by atoms with Crippen LogP contribution in [0, 0.1) is 0 Å². The Bertz CT molecular complexity index is 1460. The van der Waals surface area contributed by atoms with E-state index in [2.05, 4.69) is 36.5 Å². The SMILES string of the molecule is [2H]C([2H])(c1ccnc2[nH]ccc12)n1ccc2c(NC(=O)Nc3cccc(Br)c3)cccc21. The number of halogens is 1. The molecule has 0 saturated heterocycles. The highest BCUT2D eigenvalue weighted by molar-refractivity contribution is 9.10. The maximum absolute atomic E-state index is 12.6. The van der Waals surface area contributed by atoms with Gasteiger partial charge in [0.05, 0.1) is 13.9 Å². The van der Waals surface area contributed by atoms with Gasteiger partial charge in [-0.1, -0.05) is 28.1 Å². The molecule has 0 bridgehead atoms. The van der Waals surface area contributed by atoms with Crippen molar-refractivity contribution in [2.45, 2.75) is 6.50 Å². The lowest BCUT2D eigenvalue weighted by molar-refractivity contribution is 0.262. The molecular weight excluding hydrogens is 442 g/mol. The number of hydrogen-bond donors (Lipinski definition) is 3. The molecule has 0 fully saturated rings. The van der Waals surface area contributed by atoms with Gasteiger partial charge in [-0.15, -0.1) is 0 Å². The first-order chi connectivity index (χ1) is 15.4. The second kappa shape index (κ2) is 7.68. The zero-order chi connectivity index (χ0) is 22.3. The number of aromatic amines is 1. The zero-order valence-electron chi connectivity index (χ0n) is 17.7. The van der Waals surface area contributed by atoms with E-state index in [1.54, 1.807) is 53.5 Å². The van der Waals surface area contributed by atoms with Gasteiger partial charge in [0.15, 0.2) is 0 Å². The normalized spacial score (nSPS) is 12.6. The van der Waals surface area contributed by atoms with Gasteiger partial charge >= 0.3 is 6.03 Å². The molecule has 3 heterocycles. The number of rotatable bonds is 4. The number of nitrogens with zero attached hydrogens (tertiary/aromatic N) is 2. The van der Waals surface area contributed by atoms with E-state index in [1.807, 2.05) is 30.3 Å². The molecule has 148 valence electrons. The average molecular weight is 462 g/mol. The third-order valence-electron chi connectivity index (χ3n) is 4.76. The molecule has 0 saturated carbocycles. The highest BCUT2D eigenvalue weighted by Gasteiger charge is 2.11. The van der Waals surface area contributed by atoms with E-state index in [1.165, 1.54) is 0 Å². The number of urea groups is 1. The zero-order valence-corrected chi connectivity index (χ0v) is 17.3. The molecule has 3 N–H and O–H groups in total. The summed E-state index contributed by atoms with van der Waals surface area (Å²) in [6.07, 6.45) is 5.04. The van der Waals surface area contributed by atoms with Gasteiger partial charge in [-0.05, 0) is 54.1 Å². The Hall–Kier alpha value is -3.58. The molecule has 0 unspecified atom stereocenters. The number of fused-ring (bicyclic) bond motifs is 2. The molecular formula is C23H18BrN5O. The molecule has 5 rings (SSSR count). The minimum absolute atomic E-state index is 0.380. The van der Waals surface area contributed by atoms with Crippen LogP contribution in [-0.4, -0.2) is 20.6 Å². The molecule has 0 spiro atoms. The quantitative estimate of drug-likeness (QED) is 0.308. The minimum Gasteiger partial charge on any atom is -0.346 e. The Morgan fingerprint density at radius 3 is 2.90 bits per heavy atom. The summed E-state index contributed by atoms with van der Waals surface area (Å²) in [5.41, 5.74) is 3.05. The van der Waals surface area contributed by atoms with Crippen molar-refractivity contribution >= 4 is 55.3 Å². The van der Waals surface area contributed by atoms with Crippen LogP contribution in [0.5, 0.6) is 0 Å². The number of hydrogen-bond acceptors (Lipinski definition) is 2. The first kappa shape index (κ1) is 16.2. The van der Waals surface area contributed by atoms with Crippen LogP contribution in [0.2, 0.25) is 0 Å². The summed E-state index contributed by atoms with van der Waals surface area (Å²) in [7, 11) is 0. The van der Waals surface area contributed by atoms with Crippen LogP contribution in [0.25, 0.3) is 21.9 Å². The summed E-state index contributed by atoms with van der Waals surface area (Å²) in [6.45, 7) is -1.83. The molecule has 2 aromatic carbocycles. The van der Waals surface area contributed by atoms with Gasteiger partial charge in [0, 0.05) is 46.0 Å². The Morgan fingerprint density at radius 2 is 2.00 bits per heavy atom. The fourth-order valence-corrected chi connectivity index (χ4v) is 3.81. The van der Waals surface area contributed by atoms with Crippen LogP contribution in [-0.2, 0) is 6.50 Å². The third-order valence-corrected chi connectivity index (χ3v) is 5.26. The average Bonchev–Trinajstić information content (AvgIpc) is 3.41. The van der Waals surface area contributed by atoms with Crippen LogP contribution in [0.3, 0.4) is 0 Å². The van der Waals surface area contributed by atoms with Crippen LogP contribution < -0.4 is 10.6 Å². The van der Waals surface area contributed by atoms with E-state index in [4.69, 9.17) is 2.74 Å². The Morgan fingerprint density at radius 1 is 1.10 bits per heavy atom. The lowest BCUT2D eigenvalue weighted by Crippen LogP contribution is -2.19. The van der Waals surface area contributed by atoms with E-state index in [0.717, 1.165) is 15.2 Å². The summed E-state index contributed by atoms with van der Waals surface area (Å²) >= 11 is 3.39. The fraction of sp³-hybridized carbons (Fsp3) is 0.0435. The van der Waals surface area contributed by atoms with E-state index in [-0.39, 0.29) is 6.03 Å². The van der Waals surface area contributed by atoms with Crippen LogP contribution >= 0.6 is 15.9 Å². The van der Waals surface area contributed by atoms with Gasteiger partial charge in [-0.2, -0.15) is 0 Å². The molecule has 0 atom stereocenters. The number of amides is 2. The number of H-pyrrole nitrogens is 1. The highest BCUT2D eigenvalue weighted by atomic mass is 79.9. The number of carbonyl (C=O) groups is 1. The van der Waals surface area contributed by atoms with Crippen LogP contribution in [0.1, 0.15) is 8.30 Å². The Balaban J connectivity index is 1.49. The number of pyridine rings is 1. The largest absolute Gasteiger partial charge is 0.346 e. The predicted octanol–water partition coefficient (Wildman–Crippen LogP) is 5.97. The standard InChI is InChI=1S/C23H18BrN5O/c24-16-3-1-4-17(13-16)27-23(30)28-20-5-2-6-21-19(20)9-12-29(21)14-15-7-10-25-22-18(15)8-11-26-22/h1-13H,14H2,(H,25,26)(H2,27,28,30)/i14D2. The monoisotopic (exact) mass is 461 g/mol. The number of anilines is 2. The summed E-state index contributed by atoms with van der Waals surface area (Å²) in [5, 5.41) is 7.13. The van der Waals surface area contributed by atoms with Crippen molar-refractivity contribution in [3.63, 3.8) is 0 Å². The molecule has 30 heavy (non-hydrogen) atoms. The molecule has 7 heteroatoms. The summed E-state index contributed by atoms with van der Waals surface area (Å²) < 4.78 is 20.2. The van der Waals surface area contributed by atoms with Crippen molar-refractivity contribution in [1.82, 2.24) is 14.5 Å². The van der Waals surface area contributed by atoms with E-state index < -0.39 is 6.50 Å². The van der Waals surface area contributed by atoms with Gasteiger partial charge < -0.3 is 20.2 Å². The van der Waals surface area contributed by atoms with E-state index >= 15 is 0 Å². The number of aromatic nitrogens is 3. The van der Waals surface area contributed by atoms with Gasteiger partial charge in [0.25, 0.3) is 0 Å². The lowest BCUT2D eigenvalue weighted by atomic mass is 10.2. The number of benzene rings is 2. The number of nitrogens with one attached hydrogen (secondary N) is 3. The molecule has 2 amide bonds. The van der Waals surface area contributed by atoms with Gasteiger partial charge in [-0.3, -0.25) is 0 Å². The third kappa shape index (κ3) is 3.55. The first-order valence-electron chi connectivity index (χ1n) is 10.3. The molecule has 0 aliphatic rings. The second-order valence-electron chi connectivity index (χ2n) is 6.72. The molecule has 0 aliphatic carbocycles. The molecule has 6 nitrogen and oxygen atoms in total. The highest BCUT2D eigenvalue weighted by Crippen LogP contribution is 2.27. The fourth-order valence-electron chi connectivity index (χ4n) is 3.41. The molecule has 0 aliphatic heterocycles. The van der Waals surface area contributed by atoms with E-state index in [0.29, 0.717) is 28.1 Å². The van der Waals surface area contributed by atoms with E-state index in [9.17, 15) is 4.79 Å². The Kier molecular flexibility index (Phi) is 4.16. The smallest absolute Gasteiger partial charge is 0.323 e. The van der Waals surface area contributed by atoms with Gasteiger partial charge in [0.1, 0.15) is 5.65 Å². The first-order valence-corrected chi connectivity index (χ1v) is 10.1. The summed E-state index contributed by atoms with van der Waals surface area (Å²) in [5.74, 6) is 0. The second-order valence-corrected chi connectivity index (χ2v) is 7.64. The summed E-state index contributed by atoms with van der Waals surface area (Å²) in [6, 6.07) is 17.7. The van der Waals surface area contributed by atoms with Crippen LogP contribution in [0.15, 0.2) is 83.7 Å². The van der Waals surface area contributed by atoms with Gasteiger partial charge in [0.2, 0.25) is 0 Å². The maximum Gasteiger partial charge on any atom is 0.323 e. The van der Waals surface area contributed by atoms with Crippen molar-refractivity contribution < 1.29 is 7.54 Å².